The molecule has 2 aromatic carbocycles. The van der Waals surface area contributed by atoms with E-state index in [9.17, 15) is 10.1 Å². The van der Waals surface area contributed by atoms with Gasteiger partial charge in [0.05, 0.1) is 21.8 Å². The van der Waals surface area contributed by atoms with Crippen LogP contribution in [0, 0.1) is 11.3 Å². The molecule has 0 radical (unpaired) electrons. The predicted molar refractivity (Wildman–Crippen MR) is 140 cm³/mol. The van der Waals surface area contributed by atoms with Gasteiger partial charge < -0.3 is 5.73 Å². The molecule has 3 aromatic rings. The summed E-state index contributed by atoms with van der Waals surface area (Å²) in [6.07, 6.45) is 1.12. The molecule has 4 nitrogen and oxygen atoms in total. The average Bonchev–Trinajstić information content (AvgIpc) is 3.32. The van der Waals surface area contributed by atoms with Gasteiger partial charge in [-0.2, -0.15) is 5.26 Å². The summed E-state index contributed by atoms with van der Waals surface area (Å²) in [5.74, 6) is 1.08. The highest BCUT2D eigenvalue weighted by molar-refractivity contribution is 8.01. The number of thiophene rings is 1. The molecule has 2 atom stereocenters. The minimum Gasteiger partial charge on any atom is -0.384 e. The molecule has 6 heteroatoms. The monoisotopic (exact) mass is 483 g/mol. The van der Waals surface area contributed by atoms with E-state index in [1.165, 1.54) is 0 Å². The van der Waals surface area contributed by atoms with Crippen LogP contribution in [0.4, 0.5) is 5.69 Å². The van der Waals surface area contributed by atoms with Crippen LogP contribution < -0.4 is 10.6 Å². The zero-order chi connectivity index (χ0) is 23.7. The van der Waals surface area contributed by atoms with Gasteiger partial charge in [0.2, 0.25) is 0 Å². The summed E-state index contributed by atoms with van der Waals surface area (Å²) in [5, 5.41) is 12.3. The number of ketones is 1. The van der Waals surface area contributed by atoms with Gasteiger partial charge in [-0.05, 0) is 52.8 Å². The van der Waals surface area contributed by atoms with Crippen LogP contribution in [0.3, 0.4) is 0 Å². The molecule has 0 bridgehead atoms. The Labute approximate surface area is 208 Å². The Balaban J connectivity index is 1.72. The van der Waals surface area contributed by atoms with Gasteiger partial charge in [-0.15, -0.1) is 23.1 Å². The zero-order valence-corrected chi connectivity index (χ0v) is 20.5. The van der Waals surface area contributed by atoms with Crippen molar-refractivity contribution in [1.29, 1.82) is 5.26 Å². The molecule has 170 valence electrons. The molecule has 0 amide bonds. The van der Waals surface area contributed by atoms with Crippen LogP contribution in [0.5, 0.6) is 0 Å². The van der Waals surface area contributed by atoms with Gasteiger partial charge in [-0.25, -0.2) is 0 Å². The Hall–Kier alpha value is -3.27. The molecule has 34 heavy (non-hydrogen) atoms. The SMILES string of the molecule is CCSc1sccc1[C@H]1C(C#N)=C(N)N(c2ccccc2)C2=C1C(=O)C[C@H](c1ccccc1)C2. The van der Waals surface area contributed by atoms with Crippen LogP contribution in [0.25, 0.3) is 0 Å². The second-order valence-electron chi connectivity index (χ2n) is 8.41. The number of nitriles is 1. The van der Waals surface area contributed by atoms with E-state index in [1.807, 2.05) is 58.8 Å². The summed E-state index contributed by atoms with van der Waals surface area (Å²) in [6.45, 7) is 2.11. The first-order valence-electron chi connectivity index (χ1n) is 11.4. The molecule has 2 aliphatic rings. The number of nitrogens with zero attached hydrogens (tertiary/aromatic N) is 2. The largest absolute Gasteiger partial charge is 0.384 e. The molecular weight excluding hydrogens is 458 g/mol. The van der Waals surface area contributed by atoms with Gasteiger partial charge in [0.15, 0.2) is 5.78 Å². The highest BCUT2D eigenvalue weighted by Gasteiger charge is 2.43. The predicted octanol–water partition coefficient (Wildman–Crippen LogP) is 6.56. The molecule has 0 saturated carbocycles. The smallest absolute Gasteiger partial charge is 0.162 e. The first kappa shape index (κ1) is 22.5. The molecular formula is C28H25N3OS2. The van der Waals surface area contributed by atoms with Gasteiger partial charge in [0.1, 0.15) is 5.82 Å². The number of anilines is 1. The van der Waals surface area contributed by atoms with E-state index in [0.29, 0.717) is 24.2 Å². The van der Waals surface area contributed by atoms with Crippen molar-refractivity contribution in [2.75, 3.05) is 10.7 Å². The average molecular weight is 484 g/mol. The number of thioether (sulfide) groups is 1. The molecule has 1 aromatic heterocycles. The Morgan fingerprint density at radius 2 is 1.79 bits per heavy atom. The van der Waals surface area contributed by atoms with Crippen molar-refractivity contribution in [2.24, 2.45) is 5.73 Å². The van der Waals surface area contributed by atoms with Crippen molar-refractivity contribution in [3.8, 4) is 6.07 Å². The lowest BCUT2D eigenvalue weighted by Crippen LogP contribution is -2.40. The highest BCUT2D eigenvalue weighted by atomic mass is 32.2. The fourth-order valence-electron chi connectivity index (χ4n) is 5.04. The third kappa shape index (κ3) is 3.85. The number of benzene rings is 2. The van der Waals surface area contributed by atoms with Crippen molar-refractivity contribution < 1.29 is 4.79 Å². The fourth-order valence-corrected chi connectivity index (χ4v) is 7.11. The third-order valence-corrected chi connectivity index (χ3v) is 8.65. The second-order valence-corrected chi connectivity index (χ2v) is 10.9. The molecule has 5 rings (SSSR count). The summed E-state index contributed by atoms with van der Waals surface area (Å²) >= 11 is 3.41. The van der Waals surface area contributed by atoms with Gasteiger partial charge in [-0.3, -0.25) is 9.69 Å². The minimum absolute atomic E-state index is 0.0720. The van der Waals surface area contributed by atoms with Crippen molar-refractivity contribution >= 4 is 34.6 Å². The Morgan fingerprint density at radius 1 is 1.09 bits per heavy atom. The number of hydrogen-bond donors (Lipinski definition) is 1. The standard InChI is InChI=1S/C28H25N3OS2/c1-2-33-28-21(13-14-34-28)25-22(17-29)27(30)31(20-11-7-4-8-12-20)23-15-19(16-24(32)26(23)25)18-9-5-3-6-10-18/h3-14,19,25H,2,15-16,30H2,1H3/t19-,25+/m1/s1. The van der Waals surface area contributed by atoms with E-state index in [0.717, 1.165) is 38.0 Å². The number of nitrogens with two attached hydrogens (primary N) is 1. The van der Waals surface area contributed by atoms with Crippen LogP contribution in [0.1, 0.15) is 42.7 Å². The maximum Gasteiger partial charge on any atom is 0.162 e. The Bertz CT molecular complexity index is 1320. The number of allylic oxidation sites excluding steroid dienone is 3. The Kier molecular flexibility index (Phi) is 6.32. The summed E-state index contributed by atoms with van der Waals surface area (Å²) in [5.41, 5.74) is 11.9. The van der Waals surface area contributed by atoms with Crippen molar-refractivity contribution in [3.05, 3.63) is 106 Å². The number of rotatable bonds is 5. The molecule has 0 unspecified atom stereocenters. The lowest BCUT2D eigenvalue weighted by Gasteiger charge is -2.41. The summed E-state index contributed by atoms with van der Waals surface area (Å²) < 4.78 is 1.14. The van der Waals surface area contributed by atoms with Gasteiger partial charge in [-0.1, -0.05) is 55.5 Å². The van der Waals surface area contributed by atoms with Crippen LogP contribution in [0.2, 0.25) is 0 Å². The van der Waals surface area contributed by atoms with Gasteiger partial charge >= 0.3 is 0 Å². The van der Waals surface area contributed by atoms with Crippen molar-refractivity contribution in [3.63, 3.8) is 0 Å². The minimum atomic E-state index is -0.426. The second kappa shape index (κ2) is 9.54. The normalized spacial score (nSPS) is 20.4. The summed E-state index contributed by atoms with van der Waals surface area (Å²) in [7, 11) is 0. The van der Waals surface area contributed by atoms with Gasteiger partial charge in [0, 0.05) is 23.4 Å². The van der Waals surface area contributed by atoms with Crippen molar-refractivity contribution in [1.82, 2.24) is 0 Å². The van der Waals surface area contributed by atoms with Crippen LogP contribution in [-0.4, -0.2) is 11.5 Å². The molecule has 2 N–H and O–H groups in total. The molecule has 0 saturated heterocycles. The maximum atomic E-state index is 13.9. The van der Waals surface area contributed by atoms with E-state index in [-0.39, 0.29) is 11.7 Å². The molecule has 1 aliphatic heterocycles. The summed E-state index contributed by atoms with van der Waals surface area (Å²) in [4.78, 5) is 15.8. The number of Topliss-reactive ketones (excluding diaryl/α,β-unsaturated/α-hetero) is 1. The number of carbonyl (C=O) groups excluding carboxylic acids is 1. The van der Waals surface area contributed by atoms with Crippen LogP contribution in [-0.2, 0) is 4.79 Å². The van der Waals surface area contributed by atoms with E-state index in [1.54, 1.807) is 23.1 Å². The summed E-state index contributed by atoms with van der Waals surface area (Å²) in [6, 6.07) is 24.5. The van der Waals surface area contributed by atoms with Crippen LogP contribution >= 0.6 is 23.1 Å². The van der Waals surface area contributed by atoms with Gasteiger partial charge in [0.25, 0.3) is 0 Å². The first-order valence-corrected chi connectivity index (χ1v) is 13.3. The van der Waals surface area contributed by atoms with E-state index >= 15 is 0 Å². The lowest BCUT2D eigenvalue weighted by molar-refractivity contribution is -0.116. The lowest BCUT2D eigenvalue weighted by atomic mass is 9.72. The molecule has 0 fully saturated rings. The topological polar surface area (TPSA) is 70.1 Å². The quantitative estimate of drug-likeness (QED) is 0.416. The van der Waals surface area contributed by atoms with Crippen LogP contribution in [0.15, 0.2) is 99.0 Å². The Morgan fingerprint density at radius 3 is 2.47 bits per heavy atom. The maximum absolute atomic E-state index is 13.9. The molecule has 0 spiro atoms. The van der Waals surface area contributed by atoms with E-state index in [2.05, 4.69) is 31.2 Å². The molecule has 1 aliphatic carbocycles. The number of carbonyl (C=O) groups is 1. The highest BCUT2D eigenvalue weighted by Crippen LogP contribution is 2.51. The number of para-hydroxylation sites is 1. The number of hydrogen-bond acceptors (Lipinski definition) is 6. The molecule has 2 heterocycles. The first-order chi connectivity index (χ1) is 16.6. The van der Waals surface area contributed by atoms with E-state index < -0.39 is 5.92 Å². The fraction of sp³-hybridized carbons (Fsp3) is 0.214. The third-order valence-electron chi connectivity index (χ3n) is 6.50. The zero-order valence-electron chi connectivity index (χ0n) is 18.9. The van der Waals surface area contributed by atoms with Crippen molar-refractivity contribution in [2.45, 2.75) is 35.8 Å². The van der Waals surface area contributed by atoms with E-state index in [4.69, 9.17) is 5.73 Å².